The summed E-state index contributed by atoms with van der Waals surface area (Å²) in [7, 11) is 0. The van der Waals surface area contributed by atoms with E-state index in [9.17, 15) is 0 Å². The lowest BCUT2D eigenvalue weighted by atomic mass is 10.1. The molecule has 6 heteroatoms. The van der Waals surface area contributed by atoms with Gasteiger partial charge in [-0.15, -0.1) is 0 Å². The first-order valence-electron chi connectivity index (χ1n) is 6.47. The van der Waals surface area contributed by atoms with Crippen LogP contribution < -0.4 is 11.1 Å². The molecule has 102 valence electrons. The zero-order valence-electron chi connectivity index (χ0n) is 11.2. The summed E-state index contributed by atoms with van der Waals surface area (Å²) in [6.07, 6.45) is 4.13. The van der Waals surface area contributed by atoms with Gasteiger partial charge >= 0.3 is 0 Å². The summed E-state index contributed by atoms with van der Waals surface area (Å²) in [6.45, 7) is 2.75. The van der Waals surface area contributed by atoms with Crippen LogP contribution in [-0.4, -0.2) is 26.7 Å². The predicted molar refractivity (Wildman–Crippen MR) is 79.5 cm³/mol. The summed E-state index contributed by atoms with van der Waals surface area (Å²) in [5.41, 5.74) is 8.76. The molecule has 0 spiro atoms. The Labute approximate surface area is 116 Å². The first kappa shape index (κ1) is 12.4. The number of aromatic amines is 1. The molecule has 2 heterocycles. The van der Waals surface area contributed by atoms with Gasteiger partial charge in [0.05, 0.1) is 0 Å². The monoisotopic (exact) mass is 268 g/mol. The van der Waals surface area contributed by atoms with Crippen molar-refractivity contribution in [1.82, 2.24) is 20.2 Å². The van der Waals surface area contributed by atoms with Crippen molar-refractivity contribution in [2.75, 3.05) is 17.6 Å². The number of aromatic nitrogens is 4. The molecule has 0 bridgehead atoms. The SMILES string of the molecule is Cc1cc2c(NCCc3ncn[nH]3)ccc(N)c2cn1. The van der Waals surface area contributed by atoms with E-state index in [1.807, 2.05) is 31.3 Å². The molecule has 0 radical (unpaired) electrons. The maximum atomic E-state index is 5.99. The lowest BCUT2D eigenvalue weighted by Crippen LogP contribution is -2.07. The second kappa shape index (κ2) is 5.16. The van der Waals surface area contributed by atoms with Crippen molar-refractivity contribution in [3.63, 3.8) is 0 Å². The van der Waals surface area contributed by atoms with E-state index in [0.717, 1.165) is 46.6 Å². The fraction of sp³-hybridized carbons (Fsp3) is 0.214. The average molecular weight is 268 g/mol. The molecule has 3 aromatic rings. The Balaban J connectivity index is 1.84. The van der Waals surface area contributed by atoms with Gasteiger partial charge in [0.25, 0.3) is 0 Å². The molecule has 0 amide bonds. The lowest BCUT2D eigenvalue weighted by Gasteiger charge is -2.11. The minimum absolute atomic E-state index is 0.744. The van der Waals surface area contributed by atoms with Gasteiger partial charge in [-0.1, -0.05) is 0 Å². The molecule has 20 heavy (non-hydrogen) atoms. The number of hydrogen-bond acceptors (Lipinski definition) is 5. The van der Waals surface area contributed by atoms with Crippen LogP contribution in [0.5, 0.6) is 0 Å². The second-order valence-corrected chi connectivity index (χ2v) is 4.68. The molecule has 4 N–H and O–H groups in total. The van der Waals surface area contributed by atoms with Crippen LogP contribution >= 0.6 is 0 Å². The molecule has 0 saturated heterocycles. The van der Waals surface area contributed by atoms with Gasteiger partial charge in [-0.3, -0.25) is 10.1 Å². The van der Waals surface area contributed by atoms with Crippen molar-refractivity contribution in [1.29, 1.82) is 0 Å². The normalized spacial score (nSPS) is 10.8. The highest BCUT2D eigenvalue weighted by molar-refractivity contribution is 6.00. The van der Waals surface area contributed by atoms with E-state index in [2.05, 4.69) is 25.5 Å². The largest absolute Gasteiger partial charge is 0.398 e. The van der Waals surface area contributed by atoms with E-state index in [1.165, 1.54) is 6.33 Å². The topological polar surface area (TPSA) is 92.5 Å². The third kappa shape index (κ3) is 2.40. The number of H-pyrrole nitrogens is 1. The highest BCUT2D eigenvalue weighted by Gasteiger charge is 2.05. The van der Waals surface area contributed by atoms with Crippen molar-refractivity contribution < 1.29 is 0 Å². The van der Waals surface area contributed by atoms with Crippen molar-refractivity contribution in [3.8, 4) is 0 Å². The summed E-state index contributed by atoms with van der Waals surface area (Å²) in [5.74, 6) is 0.870. The highest BCUT2D eigenvalue weighted by Crippen LogP contribution is 2.28. The van der Waals surface area contributed by atoms with Crippen LogP contribution in [0.3, 0.4) is 0 Å². The van der Waals surface area contributed by atoms with E-state index in [-0.39, 0.29) is 0 Å². The standard InChI is InChI=1S/C14H16N6/c1-9-6-10-11(7-17-9)12(15)2-3-13(10)16-5-4-14-18-8-19-20-14/h2-3,6-8,16H,4-5,15H2,1H3,(H,18,19,20). The van der Waals surface area contributed by atoms with Crippen LogP contribution in [0, 0.1) is 6.92 Å². The zero-order chi connectivity index (χ0) is 13.9. The van der Waals surface area contributed by atoms with E-state index >= 15 is 0 Å². The number of pyridine rings is 1. The first-order valence-corrected chi connectivity index (χ1v) is 6.47. The number of nitrogens with zero attached hydrogens (tertiary/aromatic N) is 3. The van der Waals surface area contributed by atoms with Gasteiger partial charge in [0.15, 0.2) is 0 Å². The predicted octanol–water partition coefficient (Wildman–Crippen LogP) is 1.90. The lowest BCUT2D eigenvalue weighted by molar-refractivity contribution is 0.902. The highest BCUT2D eigenvalue weighted by atomic mass is 15.2. The molecular weight excluding hydrogens is 252 g/mol. The van der Waals surface area contributed by atoms with Gasteiger partial charge in [-0.2, -0.15) is 5.10 Å². The molecule has 0 atom stereocenters. The molecule has 0 unspecified atom stereocenters. The van der Waals surface area contributed by atoms with Crippen LogP contribution in [0.1, 0.15) is 11.5 Å². The molecule has 1 aromatic carbocycles. The molecule has 0 fully saturated rings. The Kier molecular flexibility index (Phi) is 3.20. The van der Waals surface area contributed by atoms with Crippen molar-refractivity contribution in [3.05, 3.63) is 42.2 Å². The number of nitrogen functional groups attached to an aromatic ring is 1. The zero-order valence-corrected chi connectivity index (χ0v) is 11.2. The number of rotatable bonds is 4. The minimum Gasteiger partial charge on any atom is -0.398 e. The van der Waals surface area contributed by atoms with Crippen LogP contribution in [0.2, 0.25) is 0 Å². The van der Waals surface area contributed by atoms with Crippen molar-refractivity contribution in [2.24, 2.45) is 0 Å². The Morgan fingerprint density at radius 2 is 2.15 bits per heavy atom. The molecule has 3 rings (SSSR count). The molecule has 0 aliphatic rings. The second-order valence-electron chi connectivity index (χ2n) is 4.68. The van der Waals surface area contributed by atoms with Gasteiger partial charge in [-0.25, -0.2) is 4.98 Å². The Morgan fingerprint density at radius 3 is 2.95 bits per heavy atom. The number of benzene rings is 1. The Bertz CT molecular complexity index is 720. The molecule has 6 nitrogen and oxygen atoms in total. The molecule has 0 aliphatic carbocycles. The number of fused-ring (bicyclic) bond motifs is 1. The van der Waals surface area contributed by atoms with E-state index < -0.39 is 0 Å². The minimum atomic E-state index is 0.744. The summed E-state index contributed by atoms with van der Waals surface area (Å²) < 4.78 is 0. The van der Waals surface area contributed by atoms with Gasteiger partial charge < -0.3 is 11.1 Å². The van der Waals surface area contributed by atoms with E-state index in [4.69, 9.17) is 5.73 Å². The number of aryl methyl sites for hydroxylation is 1. The summed E-state index contributed by atoms with van der Waals surface area (Å²) in [5, 5.41) is 12.2. The van der Waals surface area contributed by atoms with Crippen molar-refractivity contribution >= 4 is 22.1 Å². The number of nitrogens with two attached hydrogens (primary N) is 1. The Hall–Kier alpha value is -2.63. The van der Waals surface area contributed by atoms with Gasteiger partial charge in [0.1, 0.15) is 12.2 Å². The first-order chi connectivity index (χ1) is 9.74. The average Bonchev–Trinajstić information content (AvgIpc) is 2.94. The third-order valence-electron chi connectivity index (χ3n) is 3.21. The van der Waals surface area contributed by atoms with Crippen LogP contribution in [0.4, 0.5) is 11.4 Å². The number of nitrogens with one attached hydrogen (secondary N) is 2. The third-order valence-corrected chi connectivity index (χ3v) is 3.21. The maximum Gasteiger partial charge on any atom is 0.137 e. The summed E-state index contributed by atoms with van der Waals surface area (Å²) >= 11 is 0. The molecule has 0 aliphatic heterocycles. The quantitative estimate of drug-likeness (QED) is 0.628. The van der Waals surface area contributed by atoms with E-state index in [1.54, 1.807) is 0 Å². The number of anilines is 2. The fourth-order valence-corrected chi connectivity index (χ4v) is 2.19. The van der Waals surface area contributed by atoms with E-state index in [0.29, 0.717) is 0 Å². The summed E-state index contributed by atoms with van der Waals surface area (Å²) in [4.78, 5) is 8.40. The number of hydrogen-bond donors (Lipinski definition) is 3. The van der Waals surface area contributed by atoms with Crippen LogP contribution in [0.15, 0.2) is 30.7 Å². The maximum absolute atomic E-state index is 5.99. The smallest absolute Gasteiger partial charge is 0.137 e. The van der Waals surface area contributed by atoms with Crippen molar-refractivity contribution in [2.45, 2.75) is 13.3 Å². The van der Waals surface area contributed by atoms with Crippen LogP contribution in [-0.2, 0) is 6.42 Å². The summed E-state index contributed by atoms with van der Waals surface area (Å²) in [6, 6.07) is 5.94. The van der Waals surface area contributed by atoms with Crippen LogP contribution in [0.25, 0.3) is 10.8 Å². The Morgan fingerprint density at radius 1 is 1.25 bits per heavy atom. The molecule has 2 aromatic heterocycles. The van der Waals surface area contributed by atoms with Gasteiger partial charge in [-0.05, 0) is 25.1 Å². The van der Waals surface area contributed by atoms with Gasteiger partial charge in [0.2, 0.25) is 0 Å². The molecule has 0 saturated carbocycles. The van der Waals surface area contributed by atoms with Gasteiger partial charge in [0, 0.05) is 47.0 Å². The molecular formula is C14H16N6. The fourth-order valence-electron chi connectivity index (χ4n) is 2.19.